The molecule has 0 radical (unpaired) electrons. The second-order valence-corrected chi connectivity index (χ2v) is 4.87. The Hall–Kier alpha value is -0.770. The molecule has 0 bridgehead atoms. The third kappa shape index (κ3) is 4.19. The van der Waals surface area contributed by atoms with Crippen molar-refractivity contribution in [1.82, 2.24) is 0 Å². The quantitative estimate of drug-likeness (QED) is 0.712. The zero-order chi connectivity index (χ0) is 11.4. The number of halogens is 1. The van der Waals surface area contributed by atoms with E-state index in [1.807, 2.05) is 18.3 Å². The van der Waals surface area contributed by atoms with Crippen molar-refractivity contribution >= 4 is 11.5 Å². The summed E-state index contributed by atoms with van der Waals surface area (Å²) in [6.45, 7) is 1.02. The summed E-state index contributed by atoms with van der Waals surface area (Å²) in [5.74, 6) is 1.68. The Balaban J connectivity index is 0.00000144. The first-order valence-electron chi connectivity index (χ1n) is 6.30. The van der Waals surface area contributed by atoms with Crippen molar-refractivity contribution in [3.05, 3.63) is 18.3 Å². The highest BCUT2D eigenvalue weighted by atomic mass is 79.9. The van der Waals surface area contributed by atoms with Crippen LogP contribution in [0, 0.1) is 5.92 Å². The summed E-state index contributed by atoms with van der Waals surface area (Å²) in [5, 5.41) is 0. The summed E-state index contributed by atoms with van der Waals surface area (Å²) in [4.78, 5) is 0. The minimum absolute atomic E-state index is 0. The predicted molar refractivity (Wildman–Crippen MR) is 66.7 cm³/mol. The fraction of sp³-hybridized carbons (Fsp3) is 0.615. The maximum absolute atomic E-state index is 5.92. The van der Waals surface area contributed by atoms with E-state index in [1.54, 1.807) is 0 Å². The Morgan fingerprint density at radius 3 is 2.53 bits per heavy atom. The zero-order valence-electron chi connectivity index (χ0n) is 10.2. The normalized spacial score (nSPS) is 16.5. The van der Waals surface area contributed by atoms with Crippen LogP contribution in [0.1, 0.15) is 38.5 Å². The van der Waals surface area contributed by atoms with Crippen molar-refractivity contribution in [3.8, 4) is 0 Å². The summed E-state index contributed by atoms with van der Waals surface area (Å²) in [5.41, 5.74) is 12.3. The standard InChI is InChI=1S/C13H21N3.BrH/c14-12-7-9-16(13(15)10-12)8-6-11-4-2-1-3-5-11;/h7,9-11H,1-6,8H2,(H3,14,15);1H. The van der Waals surface area contributed by atoms with E-state index in [9.17, 15) is 0 Å². The minimum atomic E-state index is 0. The Kier molecular flexibility index (Phi) is 5.75. The fourth-order valence-corrected chi connectivity index (χ4v) is 2.56. The van der Waals surface area contributed by atoms with Gasteiger partial charge in [-0.05, 0) is 12.3 Å². The Labute approximate surface area is 114 Å². The van der Waals surface area contributed by atoms with Gasteiger partial charge in [0.15, 0.2) is 0 Å². The van der Waals surface area contributed by atoms with E-state index in [0.29, 0.717) is 0 Å². The van der Waals surface area contributed by atoms with Crippen molar-refractivity contribution in [2.75, 3.05) is 11.5 Å². The topological polar surface area (TPSA) is 55.9 Å². The lowest BCUT2D eigenvalue weighted by atomic mass is 9.87. The number of anilines is 2. The van der Waals surface area contributed by atoms with Gasteiger partial charge in [-0.3, -0.25) is 5.73 Å². The maximum Gasteiger partial charge on any atom is 0.274 e. The Morgan fingerprint density at radius 2 is 1.88 bits per heavy atom. The zero-order valence-corrected chi connectivity index (χ0v) is 11.8. The van der Waals surface area contributed by atoms with Crippen molar-refractivity contribution in [1.29, 1.82) is 0 Å². The highest BCUT2D eigenvalue weighted by Crippen LogP contribution is 2.26. The lowest BCUT2D eigenvalue weighted by Gasteiger charge is -2.20. The molecule has 1 fully saturated rings. The number of aromatic nitrogens is 1. The lowest BCUT2D eigenvalue weighted by Crippen LogP contribution is -3.00. The van der Waals surface area contributed by atoms with Crippen LogP contribution in [0.15, 0.2) is 18.3 Å². The predicted octanol–water partition coefficient (Wildman–Crippen LogP) is -0.887. The SMILES string of the molecule is Nc1cc[n+](CCC2CCCCC2)c(N)c1.[Br-]. The second-order valence-electron chi connectivity index (χ2n) is 4.87. The van der Waals surface area contributed by atoms with Gasteiger partial charge in [-0.1, -0.05) is 32.1 Å². The third-order valence-electron chi connectivity index (χ3n) is 3.60. The summed E-state index contributed by atoms with van der Waals surface area (Å²) in [6.07, 6.45) is 10.3. The largest absolute Gasteiger partial charge is 1.00 e. The van der Waals surface area contributed by atoms with Crippen LogP contribution in [0.3, 0.4) is 0 Å². The molecule has 2 rings (SSSR count). The molecule has 0 saturated heterocycles. The molecule has 1 heterocycles. The van der Waals surface area contributed by atoms with Gasteiger partial charge in [0.2, 0.25) is 0 Å². The summed E-state index contributed by atoms with van der Waals surface area (Å²) in [7, 11) is 0. The second kappa shape index (κ2) is 6.84. The number of nitrogen functional groups attached to an aromatic ring is 2. The van der Waals surface area contributed by atoms with E-state index in [0.717, 1.165) is 24.0 Å². The molecule has 3 nitrogen and oxygen atoms in total. The molecule has 4 heteroatoms. The van der Waals surface area contributed by atoms with Crippen LogP contribution in [0.4, 0.5) is 11.5 Å². The van der Waals surface area contributed by atoms with Crippen LogP contribution in [-0.4, -0.2) is 0 Å². The number of rotatable bonds is 3. The van der Waals surface area contributed by atoms with Gasteiger partial charge in [-0.2, -0.15) is 0 Å². The summed E-state index contributed by atoms with van der Waals surface area (Å²) in [6, 6.07) is 3.75. The molecule has 1 saturated carbocycles. The molecule has 0 atom stereocenters. The average molecular weight is 300 g/mol. The van der Waals surface area contributed by atoms with Gasteiger partial charge in [0.05, 0.1) is 18.8 Å². The molecule has 1 aliphatic rings. The molecular weight excluding hydrogens is 278 g/mol. The van der Waals surface area contributed by atoms with Crippen LogP contribution in [0.5, 0.6) is 0 Å². The van der Waals surface area contributed by atoms with Gasteiger partial charge in [0.1, 0.15) is 0 Å². The van der Waals surface area contributed by atoms with E-state index in [4.69, 9.17) is 11.5 Å². The monoisotopic (exact) mass is 299 g/mol. The molecular formula is C13H22BrN3. The fourth-order valence-electron chi connectivity index (χ4n) is 2.56. The smallest absolute Gasteiger partial charge is 0.274 e. The number of hydrogen-bond donors (Lipinski definition) is 2. The van der Waals surface area contributed by atoms with Crippen LogP contribution >= 0.6 is 0 Å². The van der Waals surface area contributed by atoms with E-state index >= 15 is 0 Å². The lowest BCUT2D eigenvalue weighted by molar-refractivity contribution is -0.684. The van der Waals surface area contributed by atoms with Crippen molar-refractivity contribution < 1.29 is 21.5 Å². The molecule has 4 N–H and O–H groups in total. The van der Waals surface area contributed by atoms with Crippen LogP contribution < -0.4 is 33.0 Å². The molecule has 0 spiro atoms. The van der Waals surface area contributed by atoms with E-state index in [1.165, 1.54) is 38.5 Å². The van der Waals surface area contributed by atoms with Gasteiger partial charge < -0.3 is 22.7 Å². The summed E-state index contributed by atoms with van der Waals surface area (Å²) >= 11 is 0. The third-order valence-corrected chi connectivity index (χ3v) is 3.60. The van der Waals surface area contributed by atoms with Crippen molar-refractivity contribution in [3.63, 3.8) is 0 Å². The molecule has 96 valence electrons. The number of pyridine rings is 1. The molecule has 0 aliphatic heterocycles. The van der Waals surface area contributed by atoms with Crippen molar-refractivity contribution in [2.24, 2.45) is 5.92 Å². The van der Waals surface area contributed by atoms with Gasteiger partial charge in [-0.25, -0.2) is 4.57 Å². The Bertz CT molecular complexity index is 349. The van der Waals surface area contributed by atoms with E-state index in [2.05, 4.69) is 4.57 Å². The molecule has 1 aromatic rings. The first kappa shape index (κ1) is 14.3. The van der Waals surface area contributed by atoms with Crippen LogP contribution in [0.2, 0.25) is 0 Å². The van der Waals surface area contributed by atoms with Crippen LogP contribution in [-0.2, 0) is 6.54 Å². The molecule has 17 heavy (non-hydrogen) atoms. The molecule has 0 aromatic carbocycles. The first-order chi connectivity index (χ1) is 7.75. The highest BCUT2D eigenvalue weighted by Gasteiger charge is 2.14. The Morgan fingerprint density at radius 1 is 1.18 bits per heavy atom. The molecule has 0 unspecified atom stereocenters. The molecule has 0 amide bonds. The average Bonchev–Trinajstić information content (AvgIpc) is 2.29. The maximum atomic E-state index is 5.92. The molecule has 1 aliphatic carbocycles. The van der Waals surface area contributed by atoms with E-state index < -0.39 is 0 Å². The van der Waals surface area contributed by atoms with Gasteiger partial charge in [0, 0.05) is 11.8 Å². The molecule has 1 aromatic heterocycles. The van der Waals surface area contributed by atoms with Crippen LogP contribution in [0.25, 0.3) is 0 Å². The van der Waals surface area contributed by atoms with Gasteiger partial charge >= 0.3 is 0 Å². The van der Waals surface area contributed by atoms with Gasteiger partial charge in [0.25, 0.3) is 5.82 Å². The number of aryl methyl sites for hydroxylation is 1. The number of hydrogen-bond acceptors (Lipinski definition) is 2. The first-order valence-corrected chi connectivity index (χ1v) is 6.30. The highest BCUT2D eigenvalue weighted by molar-refractivity contribution is 5.42. The van der Waals surface area contributed by atoms with E-state index in [-0.39, 0.29) is 17.0 Å². The van der Waals surface area contributed by atoms with Gasteiger partial charge in [-0.15, -0.1) is 0 Å². The van der Waals surface area contributed by atoms with Crippen molar-refractivity contribution in [2.45, 2.75) is 45.1 Å². The number of nitrogens with zero attached hydrogens (tertiary/aromatic N) is 1. The number of nitrogens with two attached hydrogens (primary N) is 2. The summed E-state index contributed by atoms with van der Waals surface area (Å²) < 4.78 is 2.10. The minimum Gasteiger partial charge on any atom is -1.00 e.